The number of hydrogen-bond donors (Lipinski definition) is 0. The van der Waals surface area contributed by atoms with Gasteiger partial charge < -0.3 is 9.16 Å². The minimum atomic E-state index is -2.20. The van der Waals surface area contributed by atoms with Gasteiger partial charge in [-0.05, 0) is 43.3 Å². The molecular weight excluding hydrogens is 346 g/mol. The van der Waals surface area contributed by atoms with Crippen LogP contribution in [-0.2, 0) is 14.0 Å². The van der Waals surface area contributed by atoms with Crippen LogP contribution in [0.25, 0.3) is 0 Å². The fraction of sp³-hybridized carbons (Fsp3) is 0.900. The summed E-state index contributed by atoms with van der Waals surface area (Å²) in [5.74, 6) is -0.139. The highest BCUT2D eigenvalue weighted by molar-refractivity contribution is 6.77. The molecule has 152 valence electrons. The molecule has 0 radical (unpaired) electrons. The highest BCUT2D eigenvalue weighted by Gasteiger charge is 2.58. The first-order chi connectivity index (χ1) is 11.7. The van der Waals surface area contributed by atoms with Crippen molar-refractivity contribution in [2.24, 2.45) is 5.92 Å². The normalized spacial score (nSPS) is 21.8. The molecular formula is C20H39NO4Si. The summed E-state index contributed by atoms with van der Waals surface area (Å²) in [4.78, 5) is 26.7. The van der Waals surface area contributed by atoms with E-state index in [-0.39, 0.29) is 17.9 Å². The molecule has 2 amide bonds. The molecule has 1 saturated heterocycles. The Labute approximate surface area is 160 Å². The van der Waals surface area contributed by atoms with Gasteiger partial charge >= 0.3 is 6.09 Å². The van der Waals surface area contributed by atoms with E-state index < -0.39 is 26.1 Å². The van der Waals surface area contributed by atoms with Crippen LogP contribution in [0.4, 0.5) is 4.79 Å². The number of nitrogens with zero attached hydrogens (tertiary/aromatic N) is 1. The first-order valence-electron chi connectivity index (χ1n) is 9.90. The van der Waals surface area contributed by atoms with Gasteiger partial charge in [-0.25, -0.2) is 9.69 Å². The zero-order chi connectivity index (χ0) is 20.6. The minimum Gasteiger partial charge on any atom is -0.443 e. The van der Waals surface area contributed by atoms with Gasteiger partial charge in [-0.15, -0.1) is 0 Å². The summed E-state index contributed by atoms with van der Waals surface area (Å²) in [6, 6.07) is -0.263. The van der Waals surface area contributed by atoms with Crippen molar-refractivity contribution < 1.29 is 18.8 Å². The van der Waals surface area contributed by atoms with Crippen molar-refractivity contribution in [1.29, 1.82) is 0 Å². The molecule has 1 fully saturated rings. The maximum atomic E-state index is 12.9. The van der Waals surface area contributed by atoms with Crippen molar-refractivity contribution in [1.82, 2.24) is 4.90 Å². The van der Waals surface area contributed by atoms with Gasteiger partial charge in [-0.3, -0.25) is 4.79 Å². The van der Waals surface area contributed by atoms with Gasteiger partial charge in [0.15, 0.2) is 0 Å². The maximum Gasteiger partial charge on any atom is 0.417 e. The molecule has 1 aliphatic heterocycles. The number of ether oxygens (including phenoxy) is 1. The van der Waals surface area contributed by atoms with Crippen LogP contribution in [0.3, 0.4) is 0 Å². The maximum absolute atomic E-state index is 12.9. The fourth-order valence-corrected chi connectivity index (χ4v) is 9.90. The second-order valence-corrected chi connectivity index (χ2v) is 15.2. The van der Waals surface area contributed by atoms with Crippen molar-refractivity contribution in [3.05, 3.63) is 0 Å². The number of carbonyl (C=O) groups excluding carboxylic acids is 2. The lowest BCUT2D eigenvalue weighted by Crippen LogP contribution is -2.72. The van der Waals surface area contributed by atoms with E-state index in [1.165, 1.54) is 4.90 Å². The van der Waals surface area contributed by atoms with Crippen LogP contribution < -0.4 is 0 Å². The number of imide groups is 1. The molecule has 0 aromatic carbocycles. The standard InChI is InChI=1S/C20H39NO4Si/c1-12(2)16-17(18(22)21(16)19(23)24-20(9,10)11)25-26(13(3)4,14(5)6)15(7)8/h12-17H,1-11H3/t16-,17+/m1/s1. The molecule has 0 saturated carbocycles. The van der Waals surface area contributed by atoms with Gasteiger partial charge in [0.1, 0.15) is 11.7 Å². The lowest BCUT2D eigenvalue weighted by molar-refractivity contribution is -0.165. The molecule has 0 bridgehead atoms. The van der Waals surface area contributed by atoms with Gasteiger partial charge in [-0.1, -0.05) is 55.4 Å². The Morgan fingerprint density at radius 1 is 0.962 bits per heavy atom. The van der Waals surface area contributed by atoms with Crippen molar-refractivity contribution in [3.63, 3.8) is 0 Å². The first kappa shape index (κ1) is 23.2. The molecule has 26 heavy (non-hydrogen) atoms. The summed E-state index contributed by atoms with van der Waals surface area (Å²) in [6.07, 6.45) is -1.10. The van der Waals surface area contributed by atoms with Crippen LogP contribution in [0.1, 0.15) is 76.2 Å². The fourth-order valence-electron chi connectivity index (χ4n) is 4.40. The number of β-lactam (4-membered cyclic amide) rings is 1. The van der Waals surface area contributed by atoms with Crippen LogP contribution in [0, 0.1) is 5.92 Å². The Morgan fingerprint density at radius 3 is 1.69 bits per heavy atom. The minimum absolute atomic E-state index is 0.114. The molecule has 0 spiro atoms. The van der Waals surface area contributed by atoms with Crippen LogP contribution in [0.2, 0.25) is 16.6 Å². The van der Waals surface area contributed by atoms with E-state index in [4.69, 9.17) is 9.16 Å². The van der Waals surface area contributed by atoms with Gasteiger partial charge in [0, 0.05) is 0 Å². The quantitative estimate of drug-likeness (QED) is 0.457. The third-order valence-electron chi connectivity index (χ3n) is 5.40. The smallest absolute Gasteiger partial charge is 0.417 e. The first-order valence-corrected chi connectivity index (χ1v) is 12.0. The molecule has 5 nitrogen and oxygen atoms in total. The second-order valence-electron chi connectivity index (χ2n) is 9.78. The molecule has 1 aliphatic rings. The van der Waals surface area contributed by atoms with E-state index in [0.717, 1.165) is 0 Å². The summed E-state index contributed by atoms with van der Waals surface area (Å²) >= 11 is 0. The second kappa shape index (κ2) is 8.01. The molecule has 1 heterocycles. The van der Waals surface area contributed by atoms with Crippen LogP contribution in [0.15, 0.2) is 0 Å². The summed E-state index contributed by atoms with van der Waals surface area (Å²) in [5.41, 5.74) is 0.535. The zero-order valence-corrected chi connectivity index (χ0v) is 19.5. The van der Waals surface area contributed by atoms with Crippen molar-refractivity contribution >= 4 is 20.3 Å². The summed E-state index contributed by atoms with van der Waals surface area (Å²) < 4.78 is 12.1. The molecule has 0 aromatic rings. The molecule has 0 aliphatic carbocycles. The van der Waals surface area contributed by atoms with Crippen molar-refractivity contribution in [3.8, 4) is 0 Å². The van der Waals surface area contributed by atoms with Gasteiger partial charge in [-0.2, -0.15) is 0 Å². The molecule has 2 atom stereocenters. The number of likely N-dealkylation sites (tertiary alicyclic amines) is 1. The predicted molar refractivity (Wildman–Crippen MR) is 108 cm³/mol. The third kappa shape index (κ3) is 4.33. The van der Waals surface area contributed by atoms with Crippen LogP contribution >= 0.6 is 0 Å². The Balaban J connectivity index is 3.14. The molecule has 0 N–H and O–H groups in total. The lowest BCUT2D eigenvalue weighted by atomic mass is 9.89. The number of amides is 2. The van der Waals surface area contributed by atoms with E-state index in [9.17, 15) is 9.59 Å². The topological polar surface area (TPSA) is 55.8 Å². The number of carbonyl (C=O) groups is 2. The third-order valence-corrected chi connectivity index (χ3v) is 11.5. The Bertz CT molecular complexity index is 501. The average molecular weight is 386 g/mol. The number of rotatable bonds is 6. The molecule has 6 heteroatoms. The predicted octanol–water partition coefficient (Wildman–Crippen LogP) is 5.35. The molecule has 1 rings (SSSR count). The van der Waals surface area contributed by atoms with Gasteiger partial charge in [0.05, 0.1) is 6.04 Å². The SMILES string of the molecule is CC(C)[C@@H]1[C@H](O[Si](C(C)C)(C(C)C)C(C)C)C(=O)N1C(=O)OC(C)(C)C. The van der Waals surface area contributed by atoms with Crippen molar-refractivity contribution in [2.45, 2.75) is 111 Å². The van der Waals surface area contributed by atoms with Gasteiger partial charge in [0.2, 0.25) is 8.32 Å². The van der Waals surface area contributed by atoms with E-state index >= 15 is 0 Å². The van der Waals surface area contributed by atoms with E-state index in [1.54, 1.807) is 0 Å². The highest BCUT2D eigenvalue weighted by Crippen LogP contribution is 2.45. The molecule has 0 aromatic heterocycles. The van der Waals surface area contributed by atoms with E-state index in [0.29, 0.717) is 16.6 Å². The van der Waals surface area contributed by atoms with E-state index in [1.807, 2.05) is 34.6 Å². The average Bonchev–Trinajstić information content (AvgIpc) is 2.41. The lowest BCUT2D eigenvalue weighted by Gasteiger charge is -2.53. The van der Waals surface area contributed by atoms with E-state index in [2.05, 4.69) is 41.5 Å². The van der Waals surface area contributed by atoms with Crippen LogP contribution in [-0.4, -0.2) is 43.0 Å². The summed E-state index contributed by atoms with van der Waals surface area (Å²) in [5, 5.41) is 0. The highest BCUT2D eigenvalue weighted by atomic mass is 28.4. The monoisotopic (exact) mass is 385 g/mol. The summed E-state index contributed by atoms with van der Waals surface area (Å²) in [7, 11) is -2.20. The Morgan fingerprint density at radius 2 is 1.38 bits per heavy atom. The largest absolute Gasteiger partial charge is 0.443 e. The molecule has 0 unspecified atom stereocenters. The Kier molecular flexibility index (Phi) is 7.13. The van der Waals surface area contributed by atoms with Crippen LogP contribution in [0.5, 0.6) is 0 Å². The van der Waals surface area contributed by atoms with Gasteiger partial charge in [0.25, 0.3) is 5.91 Å². The zero-order valence-electron chi connectivity index (χ0n) is 18.5. The summed E-state index contributed by atoms with van der Waals surface area (Å²) in [6.45, 7) is 22.7. The Hall–Kier alpha value is -0.883. The van der Waals surface area contributed by atoms with Crippen molar-refractivity contribution in [2.75, 3.05) is 0 Å². The number of hydrogen-bond acceptors (Lipinski definition) is 4.